The van der Waals surface area contributed by atoms with E-state index in [9.17, 15) is 0 Å². The van der Waals surface area contributed by atoms with Gasteiger partial charge in [-0.1, -0.05) is 25.5 Å². The van der Waals surface area contributed by atoms with Gasteiger partial charge in [-0.25, -0.2) is 0 Å². The van der Waals surface area contributed by atoms with Gasteiger partial charge in [0.1, 0.15) is 0 Å². The summed E-state index contributed by atoms with van der Waals surface area (Å²) < 4.78 is 0. The molecule has 2 nitrogen and oxygen atoms in total. The van der Waals surface area contributed by atoms with Crippen LogP contribution in [0.5, 0.6) is 0 Å². The van der Waals surface area contributed by atoms with E-state index in [0.717, 1.165) is 0 Å². The van der Waals surface area contributed by atoms with Crippen molar-refractivity contribution in [3.05, 3.63) is 11.6 Å². The average molecular weight is 222 g/mol. The van der Waals surface area contributed by atoms with E-state index < -0.39 is 0 Å². The van der Waals surface area contributed by atoms with Gasteiger partial charge in [0.05, 0.1) is 0 Å². The van der Waals surface area contributed by atoms with E-state index in [-0.39, 0.29) is 0 Å². The maximum Gasteiger partial charge on any atom is 0.0246 e. The van der Waals surface area contributed by atoms with Gasteiger partial charge in [0.15, 0.2) is 0 Å². The number of piperidine rings is 1. The zero-order chi connectivity index (χ0) is 11.6. The Morgan fingerprint density at radius 1 is 1.50 bits per heavy atom. The maximum atomic E-state index is 3.71. The van der Waals surface area contributed by atoms with Gasteiger partial charge in [0.25, 0.3) is 0 Å². The van der Waals surface area contributed by atoms with E-state index >= 15 is 0 Å². The van der Waals surface area contributed by atoms with Crippen molar-refractivity contribution in [3.63, 3.8) is 0 Å². The lowest BCUT2D eigenvalue weighted by Gasteiger charge is -2.42. The lowest BCUT2D eigenvalue weighted by Crippen LogP contribution is -2.53. The van der Waals surface area contributed by atoms with Crippen molar-refractivity contribution in [1.82, 2.24) is 10.2 Å². The molecule has 2 aliphatic rings. The van der Waals surface area contributed by atoms with Gasteiger partial charge in [-0.05, 0) is 38.1 Å². The molecule has 16 heavy (non-hydrogen) atoms. The number of hydrogen-bond donors (Lipinski definition) is 1. The molecule has 1 atom stereocenters. The second kappa shape index (κ2) is 4.89. The Kier molecular flexibility index (Phi) is 3.70. The molecule has 0 saturated carbocycles. The molecule has 92 valence electrons. The van der Waals surface area contributed by atoms with Crippen molar-refractivity contribution in [2.45, 2.75) is 46.1 Å². The molecule has 0 aliphatic carbocycles. The molecule has 0 bridgehead atoms. The van der Waals surface area contributed by atoms with Crippen molar-refractivity contribution in [2.75, 3.05) is 26.2 Å². The summed E-state index contributed by atoms with van der Waals surface area (Å²) in [5, 5.41) is 3.71. The lowest BCUT2D eigenvalue weighted by atomic mass is 9.77. The molecule has 1 unspecified atom stereocenters. The van der Waals surface area contributed by atoms with Gasteiger partial charge < -0.3 is 5.32 Å². The highest BCUT2D eigenvalue weighted by molar-refractivity contribution is 5.05. The van der Waals surface area contributed by atoms with Crippen LogP contribution in [0.2, 0.25) is 0 Å². The minimum Gasteiger partial charge on any atom is -0.312 e. The van der Waals surface area contributed by atoms with Crippen LogP contribution in [-0.2, 0) is 0 Å². The molecule has 0 amide bonds. The normalized spacial score (nSPS) is 31.2. The van der Waals surface area contributed by atoms with E-state index in [0.29, 0.717) is 11.5 Å². The van der Waals surface area contributed by atoms with Gasteiger partial charge >= 0.3 is 0 Å². The summed E-state index contributed by atoms with van der Waals surface area (Å²) in [7, 11) is 0. The third kappa shape index (κ3) is 2.86. The van der Waals surface area contributed by atoms with Crippen LogP contribution in [0, 0.1) is 5.41 Å². The highest BCUT2D eigenvalue weighted by Gasteiger charge is 2.33. The Hall–Kier alpha value is -0.340. The smallest absolute Gasteiger partial charge is 0.0246 e. The Bertz CT molecular complexity index is 268. The largest absolute Gasteiger partial charge is 0.312 e. The summed E-state index contributed by atoms with van der Waals surface area (Å²) in [4.78, 5) is 2.61. The third-order valence-electron chi connectivity index (χ3n) is 4.18. The first-order valence-corrected chi connectivity index (χ1v) is 6.69. The van der Waals surface area contributed by atoms with E-state index in [1.807, 2.05) is 0 Å². The predicted octanol–water partition coefficient (Wildman–Crippen LogP) is 2.42. The Labute approximate surface area is 100 Å². The fourth-order valence-corrected chi connectivity index (χ4v) is 2.99. The lowest BCUT2D eigenvalue weighted by molar-refractivity contribution is 0.129. The number of rotatable bonds is 2. The minimum absolute atomic E-state index is 0.466. The summed E-state index contributed by atoms with van der Waals surface area (Å²) >= 11 is 0. The van der Waals surface area contributed by atoms with Crippen LogP contribution < -0.4 is 5.32 Å². The molecule has 0 aromatic rings. The van der Waals surface area contributed by atoms with Crippen molar-refractivity contribution in [2.24, 2.45) is 5.41 Å². The number of hydrogen-bond acceptors (Lipinski definition) is 2. The molecule has 2 heteroatoms. The van der Waals surface area contributed by atoms with Gasteiger partial charge in [-0.3, -0.25) is 4.90 Å². The van der Waals surface area contributed by atoms with Gasteiger partial charge in [-0.15, -0.1) is 0 Å². The highest BCUT2D eigenvalue weighted by Crippen LogP contribution is 2.30. The molecule has 0 aromatic carbocycles. The highest BCUT2D eigenvalue weighted by atomic mass is 15.2. The summed E-state index contributed by atoms with van der Waals surface area (Å²) in [6, 6.07) is 0.673. The standard InChI is InChI=1S/C14H26N2/c1-12-6-4-9-16(10-12)11-13-14(2,3)7-5-8-15-13/h6,13,15H,4-5,7-11H2,1-3H3. The van der Waals surface area contributed by atoms with Crippen molar-refractivity contribution in [3.8, 4) is 0 Å². The van der Waals surface area contributed by atoms with Crippen LogP contribution in [-0.4, -0.2) is 37.1 Å². The van der Waals surface area contributed by atoms with Crippen molar-refractivity contribution in [1.29, 1.82) is 0 Å². The fourth-order valence-electron chi connectivity index (χ4n) is 2.99. The zero-order valence-electron chi connectivity index (χ0n) is 11.1. The third-order valence-corrected chi connectivity index (χ3v) is 4.18. The van der Waals surface area contributed by atoms with Crippen LogP contribution in [0.1, 0.15) is 40.0 Å². The maximum absolute atomic E-state index is 3.71. The van der Waals surface area contributed by atoms with Gasteiger partial charge in [0.2, 0.25) is 0 Å². The molecule has 1 saturated heterocycles. The second-order valence-corrected chi connectivity index (χ2v) is 6.17. The number of nitrogens with one attached hydrogen (secondary N) is 1. The molecule has 0 radical (unpaired) electrons. The Balaban J connectivity index is 1.91. The first kappa shape index (κ1) is 12.1. The molecule has 0 aromatic heterocycles. The molecule has 2 aliphatic heterocycles. The summed E-state index contributed by atoms with van der Waals surface area (Å²) in [5.41, 5.74) is 2.01. The van der Waals surface area contributed by atoms with Crippen molar-refractivity contribution >= 4 is 0 Å². The molecule has 2 heterocycles. The van der Waals surface area contributed by atoms with Crippen molar-refractivity contribution < 1.29 is 0 Å². The first-order valence-electron chi connectivity index (χ1n) is 6.69. The second-order valence-electron chi connectivity index (χ2n) is 6.17. The zero-order valence-corrected chi connectivity index (χ0v) is 11.1. The van der Waals surface area contributed by atoms with E-state index in [4.69, 9.17) is 0 Å². The van der Waals surface area contributed by atoms with Crippen LogP contribution in [0.25, 0.3) is 0 Å². The monoisotopic (exact) mass is 222 g/mol. The quantitative estimate of drug-likeness (QED) is 0.722. The first-order chi connectivity index (χ1) is 7.58. The van der Waals surface area contributed by atoms with Gasteiger partial charge in [0, 0.05) is 25.7 Å². The minimum atomic E-state index is 0.466. The summed E-state index contributed by atoms with van der Waals surface area (Å²) in [6.07, 6.45) is 6.32. The molecular formula is C14H26N2. The van der Waals surface area contributed by atoms with Crippen LogP contribution in [0.3, 0.4) is 0 Å². The van der Waals surface area contributed by atoms with Crippen LogP contribution in [0.4, 0.5) is 0 Å². The SMILES string of the molecule is CC1=CCCN(CC2NCCCC2(C)C)C1. The van der Waals surface area contributed by atoms with Crippen LogP contribution in [0.15, 0.2) is 11.6 Å². The molecule has 1 N–H and O–H groups in total. The number of nitrogens with zero attached hydrogens (tertiary/aromatic N) is 1. The molecule has 0 spiro atoms. The Morgan fingerprint density at radius 2 is 2.31 bits per heavy atom. The average Bonchev–Trinajstić information content (AvgIpc) is 2.21. The fraction of sp³-hybridized carbons (Fsp3) is 0.857. The van der Waals surface area contributed by atoms with E-state index in [1.165, 1.54) is 45.4 Å². The van der Waals surface area contributed by atoms with E-state index in [1.54, 1.807) is 5.57 Å². The van der Waals surface area contributed by atoms with Crippen LogP contribution >= 0.6 is 0 Å². The van der Waals surface area contributed by atoms with Gasteiger partial charge in [-0.2, -0.15) is 0 Å². The molecular weight excluding hydrogens is 196 g/mol. The predicted molar refractivity (Wildman–Crippen MR) is 69.6 cm³/mol. The Morgan fingerprint density at radius 3 is 3.00 bits per heavy atom. The molecule has 2 rings (SSSR count). The topological polar surface area (TPSA) is 15.3 Å². The summed E-state index contributed by atoms with van der Waals surface area (Å²) in [6.45, 7) is 11.9. The van der Waals surface area contributed by atoms with E-state index in [2.05, 4.69) is 37.1 Å². The molecule has 1 fully saturated rings. The summed E-state index contributed by atoms with van der Waals surface area (Å²) in [5.74, 6) is 0.